The van der Waals surface area contributed by atoms with Gasteiger partial charge in [0.25, 0.3) is 0 Å². The highest BCUT2D eigenvalue weighted by Gasteiger charge is 2.42. The van der Waals surface area contributed by atoms with Gasteiger partial charge in [-0.1, -0.05) is 0 Å². The molecular formula is C14H21N5O4. The van der Waals surface area contributed by atoms with Crippen LogP contribution in [0.15, 0.2) is 6.33 Å². The Bertz CT molecular complexity index is 575. The summed E-state index contributed by atoms with van der Waals surface area (Å²) < 4.78 is 6.67. The number of aromatic nitrogens is 3. The number of carboxylic acid groups (broad SMARTS) is 1. The smallest absolute Gasteiger partial charge is 0.407 e. The van der Waals surface area contributed by atoms with E-state index in [1.807, 2.05) is 0 Å². The highest BCUT2D eigenvalue weighted by Crippen LogP contribution is 2.41. The molecule has 9 nitrogen and oxygen atoms in total. The molecule has 0 aromatic carbocycles. The zero-order valence-electron chi connectivity index (χ0n) is 13.0. The quantitative estimate of drug-likeness (QED) is 0.843. The summed E-state index contributed by atoms with van der Waals surface area (Å²) in [7, 11) is 1.74. The minimum atomic E-state index is -0.832. The van der Waals surface area contributed by atoms with Gasteiger partial charge in [-0.3, -0.25) is 4.68 Å². The van der Waals surface area contributed by atoms with E-state index >= 15 is 0 Å². The van der Waals surface area contributed by atoms with Gasteiger partial charge in [-0.15, -0.1) is 0 Å². The van der Waals surface area contributed by atoms with Gasteiger partial charge in [0.2, 0.25) is 0 Å². The Hall–Kier alpha value is -2.32. The normalized spacial score (nSPS) is 26.1. The van der Waals surface area contributed by atoms with E-state index in [9.17, 15) is 9.59 Å². The van der Waals surface area contributed by atoms with E-state index in [4.69, 9.17) is 9.84 Å². The largest absolute Gasteiger partial charge is 0.465 e. The number of fused-ring (bicyclic) bond motifs is 1. The number of rotatable bonds is 4. The molecule has 1 aliphatic heterocycles. The van der Waals surface area contributed by atoms with E-state index in [1.54, 1.807) is 11.7 Å². The zero-order valence-corrected chi connectivity index (χ0v) is 13.0. The number of carbonyl (C=O) groups is 2. The fourth-order valence-electron chi connectivity index (χ4n) is 3.61. The van der Waals surface area contributed by atoms with Gasteiger partial charge >= 0.3 is 12.2 Å². The number of alkyl carbamates (subject to hydrolysis) is 1. The number of hydrogen-bond acceptors (Lipinski definition) is 5. The summed E-state index contributed by atoms with van der Waals surface area (Å²) in [5.41, 5.74) is 0. The van der Waals surface area contributed by atoms with Crippen LogP contribution in [0.1, 0.15) is 18.7 Å². The monoisotopic (exact) mass is 323 g/mol. The van der Waals surface area contributed by atoms with Crippen LogP contribution in [-0.2, 0) is 18.4 Å². The van der Waals surface area contributed by atoms with E-state index in [1.165, 1.54) is 11.2 Å². The van der Waals surface area contributed by atoms with Crippen molar-refractivity contribution in [1.82, 2.24) is 25.0 Å². The second-order valence-corrected chi connectivity index (χ2v) is 6.30. The second-order valence-electron chi connectivity index (χ2n) is 6.30. The first-order valence-electron chi connectivity index (χ1n) is 7.74. The van der Waals surface area contributed by atoms with Crippen molar-refractivity contribution in [3.8, 4) is 0 Å². The lowest BCUT2D eigenvalue weighted by Crippen LogP contribution is -2.31. The number of nitrogens with zero attached hydrogens (tertiary/aromatic N) is 4. The third kappa shape index (κ3) is 3.54. The lowest BCUT2D eigenvalue weighted by molar-refractivity contribution is 0.133. The molecule has 126 valence electrons. The summed E-state index contributed by atoms with van der Waals surface area (Å²) in [5.74, 6) is 1.83. The van der Waals surface area contributed by atoms with Crippen molar-refractivity contribution in [2.75, 3.05) is 19.6 Å². The third-order valence-electron chi connectivity index (χ3n) is 4.79. The summed E-state index contributed by atoms with van der Waals surface area (Å²) in [6.45, 7) is 1.89. The maximum Gasteiger partial charge on any atom is 0.407 e. The van der Waals surface area contributed by atoms with E-state index in [-0.39, 0.29) is 6.61 Å². The Labute approximate surface area is 133 Å². The topological polar surface area (TPSA) is 110 Å². The molecule has 1 aliphatic carbocycles. The van der Waals surface area contributed by atoms with Gasteiger partial charge in [0.1, 0.15) is 6.33 Å². The fraction of sp³-hybridized carbons (Fsp3) is 0.714. The van der Waals surface area contributed by atoms with E-state index < -0.39 is 12.2 Å². The van der Waals surface area contributed by atoms with Crippen LogP contribution in [0.4, 0.5) is 9.59 Å². The maximum atomic E-state index is 11.7. The average Bonchev–Trinajstić information content (AvgIpc) is 3.17. The Morgan fingerprint density at radius 2 is 2.09 bits per heavy atom. The van der Waals surface area contributed by atoms with Gasteiger partial charge in [0, 0.05) is 26.7 Å². The Morgan fingerprint density at radius 3 is 2.65 bits per heavy atom. The number of amides is 2. The van der Waals surface area contributed by atoms with Crippen LogP contribution >= 0.6 is 0 Å². The molecule has 9 heteroatoms. The lowest BCUT2D eigenvalue weighted by atomic mass is 10.0. The van der Waals surface area contributed by atoms with Crippen LogP contribution in [0, 0.1) is 17.8 Å². The first kappa shape index (κ1) is 15.6. The molecule has 2 amide bonds. The molecule has 2 N–H and O–H groups in total. The number of carbonyl (C=O) groups excluding carboxylic acids is 1. The first-order valence-corrected chi connectivity index (χ1v) is 7.74. The molecule has 2 aliphatic rings. The Kier molecular flexibility index (Phi) is 4.35. The fourth-order valence-corrected chi connectivity index (χ4v) is 3.61. The molecule has 1 saturated heterocycles. The average molecular weight is 323 g/mol. The molecule has 3 rings (SSSR count). The minimum Gasteiger partial charge on any atom is -0.465 e. The SMILES string of the molecule is Cn1ncnc1COC(=O)NCC1C[C@@H]2CN(C(=O)O)C[C@@H]2C1. The van der Waals surface area contributed by atoms with Gasteiger partial charge in [-0.25, -0.2) is 14.6 Å². The number of likely N-dealkylation sites (tertiary alicyclic amines) is 1. The highest BCUT2D eigenvalue weighted by atomic mass is 16.5. The van der Waals surface area contributed by atoms with E-state index in [0.29, 0.717) is 43.2 Å². The van der Waals surface area contributed by atoms with Crippen LogP contribution in [-0.4, -0.2) is 56.6 Å². The number of ether oxygens (including phenoxy) is 1. The van der Waals surface area contributed by atoms with Crippen LogP contribution in [0.5, 0.6) is 0 Å². The number of hydrogen-bond donors (Lipinski definition) is 2. The van der Waals surface area contributed by atoms with E-state index in [2.05, 4.69) is 15.4 Å². The van der Waals surface area contributed by atoms with Gasteiger partial charge in [0.05, 0.1) is 0 Å². The molecule has 2 fully saturated rings. The van der Waals surface area contributed by atoms with Crippen molar-refractivity contribution in [3.63, 3.8) is 0 Å². The summed E-state index contributed by atoms with van der Waals surface area (Å²) in [6, 6.07) is 0. The molecular weight excluding hydrogens is 302 g/mol. The number of aryl methyl sites for hydroxylation is 1. The van der Waals surface area contributed by atoms with E-state index in [0.717, 1.165) is 12.8 Å². The summed E-state index contributed by atoms with van der Waals surface area (Å²) in [5, 5.41) is 15.7. The lowest BCUT2D eigenvalue weighted by Gasteiger charge is -2.16. The van der Waals surface area contributed by atoms with Gasteiger partial charge < -0.3 is 20.1 Å². The van der Waals surface area contributed by atoms with Crippen molar-refractivity contribution in [2.45, 2.75) is 19.4 Å². The highest BCUT2D eigenvalue weighted by molar-refractivity contribution is 5.67. The predicted octanol–water partition coefficient (Wildman–Crippen LogP) is 0.677. The molecule has 23 heavy (non-hydrogen) atoms. The second kappa shape index (κ2) is 6.43. The molecule has 1 aromatic heterocycles. The molecule has 0 radical (unpaired) electrons. The molecule has 1 aromatic rings. The van der Waals surface area contributed by atoms with Gasteiger partial charge in [-0.05, 0) is 30.6 Å². The van der Waals surface area contributed by atoms with Crippen molar-refractivity contribution >= 4 is 12.2 Å². The first-order chi connectivity index (χ1) is 11.0. The molecule has 1 saturated carbocycles. The van der Waals surface area contributed by atoms with Gasteiger partial charge in [0.15, 0.2) is 12.4 Å². The van der Waals surface area contributed by atoms with Crippen LogP contribution < -0.4 is 5.32 Å². The van der Waals surface area contributed by atoms with Crippen LogP contribution in [0.25, 0.3) is 0 Å². The van der Waals surface area contributed by atoms with Crippen molar-refractivity contribution in [2.24, 2.45) is 24.8 Å². The zero-order chi connectivity index (χ0) is 16.4. The van der Waals surface area contributed by atoms with Crippen LogP contribution in [0.3, 0.4) is 0 Å². The predicted molar refractivity (Wildman–Crippen MR) is 78.5 cm³/mol. The molecule has 2 heterocycles. The molecule has 0 bridgehead atoms. The van der Waals surface area contributed by atoms with Crippen LogP contribution in [0.2, 0.25) is 0 Å². The summed E-state index contributed by atoms with van der Waals surface area (Å²) >= 11 is 0. The minimum absolute atomic E-state index is 0.0891. The molecule has 0 spiro atoms. The Morgan fingerprint density at radius 1 is 1.39 bits per heavy atom. The molecule has 3 atom stereocenters. The van der Waals surface area contributed by atoms with Crippen molar-refractivity contribution < 1.29 is 19.4 Å². The molecule has 1 unspecified atom stereocenters. The van der Waals surface area contributed by atoms with Crippen molar-refractivity contribution in [1.29, 1.82) is 0 Å². The summed E-state index contributed by atoms with van der Waals surface area (Å²) in [4.78, 5) is 28.2. The van der Waals surface area contributed by atoms with Crippen molar-refractivity contribution in [3.05, 3.63) is 12.2 Å². The number of nitrogens with one attached hydrogen (secondary N) is 1. The maximum absolute atomic E-state index is 11.7. The standard InChI is InChI=1S/C14H21N5O4/c1-18-12(16-8-17-18)7-23-13(20)15-4-9-2-10-5-19(14(21)22)6-11(10)3-9/h8-11H,2-7H2,1H3,(H,15,20)(H,21,22)/t9?,10-,11+. The Balaban J connectivity index is 1.36. The summed E-state index contributed by atoms with van der Waals surface area (Å²) in [6.07, 6.45) is 2.03. The third-order valence-corrected chi connectivity index (χ3v) is 4.79. The van der Waals surface area contributed by atoms with Gasteiger partial charge in [-0.2, -0.15) is 5.10 Å².